The number of ether oxygens (including phenoxy) is 1. The highest BCUT2D eigenvalue weighted by Crippen LogP contribution is 2.47. The third-order valence-corrected chi connectivity index (χ3v) is 11.3. The first kappa shape index (κ1) is 35.4. The molecule has 1 aliphatic heterocycles. The van der Waals surface area contributed by atoms with Crippen molar-refractivity contribution in [3.63, 3.8) is 0 Å². The van der Waals surface area contributed by atoms with E-state index >= 15 is 0 Å². The van der Waals surface area contributed by atoms with Gasteiger partial charge in [-0.25, -0.2) is 4.98 Å². The normalized spacial score (nSPS) is 14.3. The average Bonchev–Trinajstić information content (AvgIpc) is 3.78. The highest BCUT2D eigenvalue weighted by molar-refractivity contribution is 6.09. The zero-order valence-corrected chi connectivity index (χ0v) is 34.4. The number of rotatable bonds is 6. The monoisotopic (exact) mass is 803 g/mol. The van der Waals surface area contributed by atoms with Crippen molar-refractivity contribution in [2.45, 2.75) is 65.4 Å². The minimum Gasteiger partial charge on any atom is -0.457 e. The number of aromatic nitrogens is 2. The van der Waals surface area contributed by atoms with Gasteiger partial charge >= 0.3 is 6.18 Å². The summed E-state index contributed by atoms with van der Waals surface area (Å²) in [5.74, 6) is 1.49. The zero-order chi connectivity index (χ0) is 44.6. The Hall–Kier alpha value is -6.54. The summed E-state index contributed by atoms with van der Waals surface area (Å²) in [5.41, 5.74) is 7.55. The maximum atomic E-state index is 13.7. The Balaban J connectivity index is 1.08. The highest BCUT2D eigenvalue weighted by atomic mass is 19.4. The molecule has 0 aliphatic carbocycles. The van der Waals surface area contributed by atoms with Gasteiger partial charge in [-0.3, -0.25) is 4.57 Å². The van der Waals surface area contributed by atoms with E-state index in [4.69, 9.17) is 13.8 Å². The van der Waals surface area contributed by atoms with Gasteiger partial charge in [0.2, 0.25) is 0 Å². The highest BCUT2D eigenvalue weighted by Gasteiger charge is 2.32. The Bertz CT molecular complexity index is 3020. The molecule has 0 bridgehead atoms. The van der Waals surface area contributed by atoms with Crippen molar-refractivity contribution in [1.82, 2.24) is 9.55 Å². The molecule has 1 aliphatic rings. The number of aryl methyl sites for hydroxylation is 1. The van der Waals surface area contributed by atoms with Gasteiger partial charge in [0.1, 0.15) is 24.0 Å². The number of para-hydroxylation sites is 3. The van der Waals surface area contributed by atoms with Crippen LogP contribution in [-0.4, -0.2) is 16.2 Å². The van der Waals surface area contributed by atoms with Crippen LogP contribution in [0.1, 0.15) is 67.9 Å². The number of anilines is 4. The van der Waals surface area contributed by atoms with Crippen LogP contribution in [-0.2, 0) is 17.0 Å². The topological polar surface area (TPSA) is 33.5 Å². The lowest BCUT2D eigenvalue weighted by Gasteiger charge is -2.29. The predicted molar refractivity (Wildman–Crippen MR) is 240 cm³/mol. The quantitative estimate of drug-likeness (QED) is 0.168. The van der Waals surface area contributed by atoms with Gasteiger partial charge < -0.3 is 14.5 Å². The molecule has 0 spiro atoms. The fourth-order valence-electron chi connectivity index (χ4n) is 8.06. The zero-order valence-electron chi connectivity index (χ0n) is 37.4. The van der Waals surface area contributed by atoms with E-state index in [9.17, 15) is 13.2 Å². The predicted octanol–water partition coefficient (Wildman–Crippen LogP) is 14.8. The van der Waals surface area contributed by atoms with Crippen molar-refractivity contribution in [3.8, 4) is 28.4 Å². The fourth-order valence-corrected chi connectivity index (χ4v) is 8.06. The Morgan fingerprint density at radius 1 is 0.583 bits per heavy atom. The Kier molecular flexibility index (Phi) is 8.46. The van der Waals surface area contributed by atoms with E-state index in [0.717, 1.165) is 56.7 Å². The van der Waals surface area contributed by atoms with Gasteiger partial charge in [-0.05, 0) is 113 Å². The van der Waals surface area contributed by atoms with E-state index in [1.165, 1.54) is 35.5 Å². The number of halogens is 3. The van der Waals surface area contributed by atoms with Crippen molar-refractivity contribution in [3.05, 3.63) is 168 Å². The van der Waals surface area contributed by atoms with Gasteiger partial charge in [0.05, 0.1) is 28.0 Å². The van der Waals surface area contributed by atoms with Crippen LogP contribution in [0.25, 0.3) is 38.8 Å². The molecule has 2 aromatic heterocycles. The van der Waals surface area contributed by atoms with Crippen molar-refractivity contribution in [1.29, 1.82) is 0 Å². The Labute approximate surface area is 353 Å². The molecular weight excluding hydrogens is 754 g/mol. The smallest absolute Gasteiger partial charge is 0.416 e. The molecule has 5 nitrogen and oxygen atoms in total. The summed E-state index contributed by atoms with van der Waals surface area (Å²) in [7, 11) is 0. The molecule has 0 fully saturated rings. The molecule has 302 valence electrons. The summed E-state index contributed by atoms with van der Waals surface area (Å²) >= 11 is 0. The molecule has 0 amide bonds. The maximum absolute atomic E-state index is 13.7. The molecule has 0 unspecified atom stereocenters. The van der Waals surface area contributed by atoms with Crippen LogP contribution in [0, 0.1) is 6.85 Å². The third kappa shape index (κ3) is 7.14. The van der Waals surface area contributed by atoms with E-state index < -0.39 is 18.6 Å². The molecule has 3 heterocycles. The van der Waals surface area contributed by atoms with Gasteiger partial charge in [-0.15, -0.1) is 0 Å². The number of pyridine rings is 1. The number of hydrogen-bond acceptors (Lipinski definition) is 4. The summed E-state index contributed by atoms with van der Waals surface area (Å²) < 4.78 is 74.8. The third-order valence-electron chi connectivity index (χ3n) is 11.3. The second-order valence-electron chi connectivity index (χ2n) is 17.6. The number of alkyl halides is 3. The Morgan fingerprint density at radius 3 is 1.93 bits per heavy atom. The molecule has 9 rings (SSSR count). The van der Waals surface area contributed by atoms with Crippen molar-refractivity contribution in [2.75, 3.05) is 16.5 Å². The van der Waals surface area contributed by atoms with Crippen LogP contribution < -0.4 is 14.5 Å². The van der Waals surface area contributed by atoms with E-state index in [1.54, 1.807) is 0 Å². The summed E-state index contributed by atoms with van der Waals surface area (Å²) in [6.45, 7) is 11.5. The van der Waals surface area contributed by atoms with Gasteiger partial charge in [0.25, 0.3) is 0 Å². The molecule has 8 aromatic rings. The molecule has 0 saturated heterocycles. The number of benzene rings is 6. The summed E-state index contributed by atoms with van der Waals surface area (Å²) in [5, 5.41) is 1.81. The first-order valence-electron chi connectivity index (χ1n) is 21.5. The lowest BCUT2D eigenvalue weighted by molar-refractivity contribution is -0.137. The molecule has 0 saturated carbocycles. The SMILES string of the molecule is [2H]C([2H])([2H])c1cc(-n2c3ccccc3c3ccc(Oc4cccc(N5CN(c6cc(C(C)(C)C)cc(C(C)(C)C)c6)c6ccccc65)c4)cc32)ncc1-c1cccc(C(F)(F)F)c1. The number of fused-ring (bicyclic) bond motifs is 4. The number of hydrogen-bond donors (Lipinski definition) is 0. The van der Waals surface area contributed by atoms with Crippen LogP contribution in [0.15, 0.2) is 146 Å². The molecule has 0 atom stereocenters. The first-order chi connectivity index (χ1) is 29.7. The molecule has 60 heavy (non-hydrogen) atoms. The molecule has 0 radical (unpaired) electrons. The number of nitrogens with zero attached hydrogens (tertiary/aromatic N) is 4. The van der Waals surface area contributed by atoms with Crippen molar-refractivity contribution < 1.29 is 22.0 Å². The van der Waals surface area contributed by atoms with Crippen LogP contribution in [0.3, 0.4) is 0 Å². The summed E-state index contributed by atoms with van der Waals surface area (Å²) in [4.78, 5) is 9.36. The summed E-state index contributed by atoms with van der Waals surface area (Å²) in [6, 6.07) is 43.1. The van der Waals surface area contributed by atoms with Crippen LogP contribution in [0.4, 0.5) is 35.9 Å². The summed E-state index contributed by atoms with van der Waals surface area (Å²) in [6.07, 6.45) is -3.24. The van der Waals surface area contributed by atoms with E-state index in [1.807, 2.05) is 65.2 Å². The lowest BCUT2D eigenvalue weighted by atomic mass is 9.80. The van der Waals surface area contributed by atoms with E-state index in [2.05, 4.69) is 99.9 Å². The maximum Gasteiger partial charge on any atom is 0.416 e. The van der Waals surface area contributed by atoms with Gasteiger partial charge in [0, 0.05) is 50.2 Å². The second kappa shape index (κ2) is 14.3. The van der Waals surface area contributed by atoms with Crippen molar-refractivity contribution >= 4 is 44.6 Å². The van der Waals surface area contributed by atoms with Crippen molar-refractivity contribution in [2.24, 2.45) is 0 Å². The van der Waals surface area contributed by atoms with Gasteiger partial charge in [-0.1, -0.05) is 96.1 Å². The van der Waals surface area contributed by atoms with Crippen LogP contribution in [0.2, 0.25) is 0 Å². The Morgan fingerprint density at radius 2 is 1.23 bits per heavy atom. The van der Waals surface area contributed by atoms with Crippen LogP contribution in [0.5, 0.6) is 11.5 Å². The minimum absolute atomic E-state index is 0.0323. The molecule has 8 heteroatoms. The van der Waals surface area contributed by atoms with Gasteiger partial charge in [-0.2, -0.15) is 13.2 Å². The van der Waals surface area contributed by atoms with Gasteiger partial charge in [0.15, 0.2) is 0 Å². The molecule has 0 N–H and O–H groups in total. The molecular formula is C52H47F3N4O. The fraction of sp³-hybridized carbons (Fsp3) is 0.212. The largest absolute Gasteiger partial charge is 0.457 e. The lowest BCUT2D eigenvalue weighted by Crippen LogP contribution is -2.25. The second-order valence-corrected chi connectivity index (χ2v) is 17.6. The molecule has 6 aromatic carbocycles. The first-order valence-corrected chi connectivity index (χ1v) is 20.0. The standard InChI is InChI=1S/C52H47F3N4O/c1-33-24-49(56-31-44(33)34-14-12-15-35(25-34)52(53,54)55)59-45-19-9-8-18-42(45)43-23-22-41(30-48(43)59)60-40-17-13-16-38(29-40)57-32-58(47-21-11-10-20-46(47)57)39-27-36(50(2,3)4)26-37(28-39)51(5,6)7/h8-31H,32H2,1-7H3/i1D3. The van der Waals surface area contributed by atoms with Crippen LogP contribution >= 0.6 is 0 Å². The average molecular weight is 804 g/mol. The minimum atomic E-state index is -4.59. The van der Waals surface area contributed by atoms with E-state index in [0.29, 0.717) is 24.0 Å². The van der Waals surface area contributed by atoms with E-state index in [-0.39, 0.29) is 27.5 Å².